The Labute approximate surface area is 123 Å². The van der Waals surface area contributed by atoms with Crippen molar-refractivity contribution in [3.63, 3.8) is 0 Å². The molecule has 2 N–H and O–H groups in total. The molecule has 2 aromatic heterocycles. The van der Waals surface area contributed by atoms with Crippen LogP contribution < -0.4 is 5.73 Å². The maximum absolute atomic E-state index is 10.4. The third kappa shape index (κ3) is 4.48. The molecule has 2 aromatic rings. The summed E-state index contributed by atoms with van der Waals surface area (Å²) in [6, 6.07) is 3.26. The first-order valence-corrected chi connectivity index (χ1v) is 6.55. The van der Waals surface area contributed by atoms with Gasteiger partial charge in [0, 0.05) is 32.1 Å². The molecule has 0 aliphatic carbocycles. The summed E-state index contributed by atoms with van der Waals surface area (Å²) < 4.78 is 3.49. The number of rotatable bonds is 4. The van der Waals surface area contributed by atoms with Crippen molar-refractivity contribution in [2.45, 2.75) is 19.8 Å². The first-order chi connectivity index (χ1) is 9.88. The number of carbonyl (C=O) groups excluding carboxylic acids is 1. The number of aldehydes is 1. The minimum absolute atomic E-state index is 0.181. The average Bonchev–Trinajstić information content (AvgIpc) is 2.94. The number of anilines is 1. The van der Waals surface area contributed by atoms with Crippen molar-refractivity contribution in [2.24, 2.45) is 14.1 Å². The molecule has 0 fully saturated rings. The molecule has 21 heavy (non-hydrogen) atoms. The van der Waals surface area contributed by atoms with Gasteiger partial charge in [0.2, 0.25) is 0 Å². The summed E-state index contributed by atoms with van der Waals surface area (Å²) in [5.41, 5.74) is 7.80. The smallest absolute Gasteiger partial charge is 0.287 e. The normalized spacial score (nSPS) is 9.86. The average molecular weight is 292 g/mol. The standard InChI is InChI=1S/C8H12N2O2.C6H8N2O/c1-3-4-7-5-8(10(11)12)6-9(7)2;1-8-3-5(7)2-6(8)4-9/h5-6H,3-4H2,1-2H3;2-4H,7H2,1H3. The Morgan fingerprint density at radius 2 is 1.95 bits per heavy atom. The number of hydrogen-bond acceptors (Lipinski definition) is 4. The van der Waals surface area contributed by atoms with Crippen LogP contribution in [0.3, 0.4) is 0 Å². The Morgan fingerprint density at radius 3 is 2.29 bits per heavy atom. The minimum Gasteiger partial charge on any atom is -0.397 e. The molecule has 0 atom stereocenters. The summed E-state index contributed by atoms with van der Waals surface area (Å²) >= 11 is 0. The summed E-state index contributed by atoms with van der Waals surface area (Å²) in [4.78, 5) is 20.2. The third-order valence-corrected chi connectivity index (χ3v) is 3.00. The van der Waals surface area contributed by atoms with Gasteiger partial charge in [-0.05, 0) is 12.5 Å². The van der Waals surface area contributed by atoms with E-state index in [4.69, 9.17) is 5.73 Å². The molecule has 0 radical (unpaired) electrons. The zero-order valence-electron chi connectivity index (χ0n) is 12.4. The zero-order chi connectivity index (χ0) is 16.0. The van der Waals surface area contributed by atoms with Crippen LogP contribution in [0, 0.1) is 10.1 Å². The second-order valence-corrected chi connectivity index (χ2v) is 4.73. The Morgan fingerprint density at radius 1 is 1.29 bits per heavy atom. The van der Waals surface area contributed by atoms with Crippen LogP contribution in [0.25, 0.3) is 0 Å². The number of nitro groups is 1. The highest BCUT2D eigenvalue weighted by Gasteiger charge is 2.10. The Balaban J connectivity index is 0.000000219. The monoisotopic (exact) mass is 292 g/mol. The molecule has 0 bridgehead atoms. The second kappa shape index (κ2) is 7.28. The molecule has 7 heteroatoms. The van der Waals surface area contributed by atoms with Crippen molar-refractivity contribution >= 4 is 17.7 Å². The molecule has 0 aromatic carbocycles. The maximum atomic E-state index is 10.4. The molecule has 0 amide bonds. The number of aryl methyl sites for hydroxylation is 3. The summed E-state index contributed by atoms with van der Waals surface area (Å²) in [7, 11) is 3.61. The van der Waals surface area contributed by atoms with Crippen LogP contribution in [-0.4, -0.2) is 20.3 Å². The third-order valence-electron chi connectivity index (χ3n) is 3.00. The first kappa shape index (κ1) is 16.5. The van der Waals surface area contributed by atoms with Gasteiger partial charge in [-0.15, -0.1) is 0 Å². The van der Waals surface area contributed by atoms with Crippen LogP contribution in [0.2, 0.25) is 0 Å². The van der Waals surface area contributed by atoms with Crippen LogP contribution in [-0.2, 0) is 20.5 Å². The summed E-state index contributed by atoms with van der Waals surface area (Å²) in [5.74, 6) is 0. The molecule has 0 saturated carbocycles. The number of nitrogen functional groups attached to an aromatic ring is 1. The van der Waals surface area contributed by atoms with Gasteiger partial charge in [0.25, 0.3) is 5.69 Å². The number of nitrogens with two attached hydrogens (primary N) is 1. The summed E-state index contributed by atoms with van der Waals surface area (Å²) in [6.45, 7) is 2.05. The summed E-state index contributed by atoms with van der Waals surface area (Å²) in [5, 5.41) is 10.4. The van der Waals surface area contributed by atoms with Gasteiger partial charge in [-0.2, -0.15) is 0 Å². The molecule has 0 unspecified atom stereocenters. The maximum Gasteiger partial charge on any atom is 0.287 e. The Kier molecular flexibility index (Phi) is 5.71. The van der Waals surface area contributed by atoms with E-state index in [9.17, 15) is 14.9 Å². The molecular weight excluding hydrogens is 272 g/mol. The van der Waals surface area contributed by atoms with Gasteiger partial charge in [0.05, 0.1) is 22.5 Å². The lowest BCUT2D eigenvalue weighted by molar-refractivity contribution is -0.384. The van der Waals surface area contributed by atoms with E-state index in [2.05, 4.69) is 6.92 Å². The van der Waals surface area contributed by atoms with Gasteiger partial charge in [-0.3, -0.25) is 14.9 Å². The fourth-order valence-corrected chi connectivity index (χ4v) is 1.92. The van der Waals surface area contributed by atoms with Gasteiger partial charge in [0.1, 0.15) is 0 Å². The van der Waals surface area contributed by atoms with Crippen molar-refractivity contribution in [1.29, 1.82) is 0 Å². The van der Waals surface area contributed by atoms with Crippen LogP contribution in [0.5, 0.6) is 0 Å². The second-order valence-electron chi connectivity index (χ2n) is 4.73. The molecule has 2 rings (SSSR count). The van der Waals surface area contributed by atoms with Crippen molar-refractivity contribution in [2.75, 3.05) is 5.73 Å². The van der Waals surface area contributed by atoms with Gasteiger partial charge in [0.15, 0.2) is 6.29 Å². The fourth-order valence-electron chi connectivity index (χ4n) is 1.92. The first-order valence-electron chi connectivity index (χ1n) is 6.55. The molecule has 114 valence electrons. The SMILES string of the molecule is CCCc1cc([N+](=O)[O-])cn1C.Cn1cc(N)cc1C=O. The Bertz CT molecular complexity index is 628. The number of hydrogen-bond donors (Lipinski definition) is 1. The van der Waals surface area contributed by atoms with E-state index in [1.807, 2.05) is 11.6 Å². The van der Waals surface area contributed by atoms with Crippen molar-refractivity contribution in [3.05, 3.63) is 46.0 Å². The number of carbonyl (C=O) groups is 1. The molecule has 0 aliphatic rings. The number of aromatic nitrogens is 2. The van der Waals surface area contributed by atoms with Gasteiger partial charge < -0.3 is 14.9 Å². The van der Waals surface area contributed by atoms with E-state index >= 15 is 0 Å². The van der Waals surface area contributed by atoms with E-state index in [0.717, 1.165) is 24.8 Å². The quantitative estimate of drug-likeness (QED) is 0.531. The predicted molar refractivity (Wildman–Crippen MR) is 81.3 cm³/mol. The van der Waals surface area contributed by atoms with E-state index in [-0.39, 0.29) is 10.6 Å². The molecule has 7 nitrogen and oxygen atoms in total. The van der Waals surface area contributed by atoms with Gasteiger partial charge >= 0.3 is 0 Å². The van der Waals surface area contributed by atoms with Crippen LogP contribution in [0.15, 0.2) is 24.5 Å². The molecule has 0 spiro atoms. The van der Waals surface area contributed by atoms with E-state index < -0.39 is 0 Å². The van der Waals surface area contributed by atoms with Gasteiger partial charge in [-0.1, -0.05) is 13.3 Å². The lowest BCUT2D eigenvalue weighted by Crippen LogP contribution is -1.92. The van der Waals surface area contributed by atoms with Crippen molar-refractivity contribution in [1.82, 2.24) is 9.13 Å². The van der Waals surface area contributed by atoms with E-state index in [1.165, 1.54) is 0 Å². The highest BCUT2D eigenvalue weighted by atomic mass is 16.6. The number of nitrogens with zero attached hydrogens (tertiary/aromatic N) is 3. The Hall–Kier alpha value is -2.57. The fraction of sp³-hybridized carbons (Fsp3) is 0.357. The molecule has 0 aliphatic heterocycles. The summed E-state index contributed by atoms with van der Waals surface area (Å²) in [6.07, 6.45) is 5.92. The molecule has 2 heterocycles. The van der Waals surface area contributed by atoms with E-state index in [1.54, 1.807) is 36.1 Å². The van der Waals surface area contributed by atoms with Crippen LogP contribution in [0.4, 0.5) is 11.4 Å². The predicted octanol–water partition coefficient (Wildman–Crippen LogP) is 2.31. The van der Waals surface area contributed by atoms with Gasteiger partial charge in [-0.25, -0.2) is 0 Å². The highest BCUT2D eigenvalue weighted by molar-refractivity contribution is 5.74. The molecular formula is C14H20N4O3. The minimum atomic E-state index is -0.362. The van der Waals surface area contributed by atoms with Crippen molar-refractivity contribution in [3.8, 4) is 0 Å². The molecule has 0 saturated heterocycles. The lowest BCUT2D eigenvalue weighted by atomic mass is 10.2. The topological polar surface area (TPSA) is 96.1 Å². The van der Waals surface area contributed by atoms with Crippen molar-refractivity contribution < 1.29 is 9.72 Å². The van der Waals surface area contributed by atoms with E-state index in [0.29, 0.717) is 11.4 Å². The van der Waals surface area contributed by atoms with Crippen LogP contribution >= 0.6 is 0 Å². The van der Waals surface area contributed by atoms with Crippen LogP contribution in [0.1, 0.15) is 29.5 Å². The highest BCUT2D eigenvalue weighted by Crippen LogP contribution is 2.16. The zero-order valence-corrected chi connectivity index (χ0v) is 12.4. The lowest BCUT2D eigenvalue weighted by Gasteiger charge is -1.97. The largest absolute Gasteiger partial charge is 0.397 e.